The van der Waals surface area contributed by atoms with Crippen LogP contribution < -0.4 is 11.2 Å². The summed E-state index contributed by atoms with van der Waals surface area (Å²) in [7, 11) is -4.39. The van der Waals surface area contributed by atoms with E-state index in [1.807, 2.05) is 4.98 Å². The van der Waals surface area contributed by atoms with E-state index in [4.69, 9.17) is 13.8 Å². The molecule has 1 fully saturated rings. The minimum Gasteiger partial charge on any atom is -0.352 e. The standard InChI is InChI=1S/C16H17F2N2O7P.H2/c17-11-3-1-10(2-4-11)8-25-28(23,24)26-9-12-5-6-14(27-12)20-7-13(18)15(21)19-16(20)22;/h1-4,7,12,14H,5-6,8-9H2,(H,23,24)(H,19,21,22);1H/t12-,14+;/m0./s1. The molecule has 0 saturated carbocycles. The minimum absolute atomic E-state index is 0. The van der Waals surface area contributed by atoms with Crippen LogP contribution >= 0.6 is 7.82 Å². The normalized spacial score (nSPS) is 21.5. The van der Waals surface area contributed by atoms with E-state index in [1.165, 1.54) is 24.3 Å². The average molecular weight is 420 g/mol. The van der Waals surface area contributed by atoms with Gasteiger partial charge in [-0.05, 0) is 30.5 Å². The Morgan fingerprint density at radius 2 is 1.96 bits per heavy atom. The summed E-state index contributed by atoms with van der Waals surface area (Å²) in [5.74, 6) is -1.57. The number of phosphoric acid groups is 1. The number of hydrogen-bond acceptors (Lipinski definition) is 6. The second-order valence-electron chi connectivity index (χ2n) is 6.10. The lowest BCUT2D eigenvalue weighted by molar-refractivity contribution is -0.0267. The van der Waals surface area contributed by atoms with Gasteiger partial charge in [-0.1, -0.05) is 12.1 Å². The fourth-order valence-corrected chi connectivity index (χ4v) is 3.38. The molecule has 3 rings (SSSR count). The molecule has 12 heteroatoms. The molecule has 3 atom stereocenters. The predicted octanol–water partition coefficient (Wildman–Crippen LogP) is 2.07. The lowest BCUT2D eigenvalue weighted by atomic mass is 10.2. The van der Waals surface area contributed by atoms with Crippen molar-refractivity contribution in [1.29, 1.82) is 0 Å². The van der Waals surface area contributed by atoms with Crippen molar-refractivity contribution in [3.05, 3.63) is 68.5 Å². The van der Waals surface area contributed by atoms with Gasteiger partial charge in [0.1, 0.15) is 12.0 Å². The van der Waals surface area contributed by atoms with E-state index in [0.29, 0.717) is 18.4 Å². The van der Waals surface area contributed by atoms with Crippen LogP contribution in [-0.4, -0.2) is 27.2 Å². The van der Waals surface area contributed by atoms with Gasteiger partial charge in [0.25, 0.3) is 5.56 Å². The highest BCUT2D eigenvalue weighted by Gasteiger charge is 2.31. The maximum Gasteiger partial charge on any atom is 0.472 e. The Balaban J connectivity index is 0.00000300. The molecular formula is C16H19F2N2O7P. The first-order chi connectivity index (χ1) is 13.2. The second-order valence-corrected chi connectivity index (χ2v) is 7.55. The van der Waals surface area contributed by atoms with Crippen LogP contribution in [0.1, 0.15) is 26.1 Å². The Morgan fingerprint density at radius 3 is 2.68 bits per heavy atom. The van der Waals surface area contributed by atoms with E-state index >= 15 is 0 Å². The molecule has 2 aromatic rings. The van der Waals surface area contributed by atoms with Crippen LogP contribution in [0.25, 0.3) is 0 Å². The summed E-state index contributed by atoms with van der Waals surface area (Å²) in [6.45, 7) is -0.553. The molecule has 2 N–H and O–H groups in total. The van der Waals surface area contributed by atoms with Crippen molar-refractivity contribution >= 4 is 7.82 Å². The van der Waals surface area contributed by atoms with Gasteiger partial charge in [0.15, 0.2) is 0 Å². The molecule has 0 radical (unpaired) electrons. The van der Waals surface area contributed by atoms with E-state index in [9.17, 15) is 27.8 Å². The largest absolute Gasteiger partial charge is 0.472 e. The van der Waals surface area contributed by atoms with Crippen LogP contribution in [0.3, 0.4) is 0 Å². The first-order valence-electron chi connectivity index (χ1n) is 8.26. The molecule has 154 valence electrons. The van der Waals surface area contributed by atoms with Crippen LogP contribution in [0, 0.1) is 11.6 Å². The zero-order valence-electron chi connectivity index (χ0n) is 14.4. The lowest BCUT2D eigenvalue weighted by Crippen LogP contribution is -2.34. The molecule has 1 aromatic heterocycles. The summed E-state index contributed by atoms with van der Waals surface area (Å²) >= 11 is 0. The van der Waals surface area contributed by atoms with Crippen molar-refractivity contribution in [3.63, 3.8) is 0 Å². The maximum absolute atomic E-state index is 13.4. The van der Waals surface area contributed by atoms with E-state index in [-0.39, 0.29) is 14.6 Å². The fourth-order valence-electron chi connectivity index (χ4n) is 2.64. The Bertz CT molecular complexity index is 998. The van der Waals surface area contributed by atoms with Crippen molar-refractivity contribution in [1.82, 2.24) is 9.55 Å². The number of phosphoric ester groups is 1. The monoisotopic (exact) mass is 420 g/mol. The number of halogens is 2. The van der Waals surface area contributed by atoms with Gasteiger partial charge in [-0.2, -0.15) is 4.39 Å². The van der Waals surface area contributed by atoms with E-state index in [0.717, 1.165) is 10.8 Å². The van der Waals surface area contributed by atoms with E-state index < -0.39 is 43.0 Å². The third-order valence-corrected chi connectivity index (χ3v) is 4.98. The van der Waals surface area contributed by atoms with Crippen LogP contribution in [0.2, 0.25) is 0 Å². The summed E-state index contributed by atoms with van der Waals surface area (Å²) in [6, 6.07) is 5.19. The number of nitrogens with zero attached hydrogens (tertiary/aromatic N) is 1. The molecule has 2 heterocycles. The van der Waals surface area contributed by atoms with Gasteiger partial charge in [-0.3, -0.25) is 23.4 Å². The van der Waals surface area contributed by atoms with Gasteiger partial charge in [0.05, 0.1) is 25.5 Å². The molecule has 28 heavy (non-hydrogen) atoms. The highest BCUT2D eigenvalue weighted by atomic mass is 31.2. The number of nitrogens with one attached hydrogen (secondary N) is 1. The van der Waals surface area contributed by atoms with Gasteiger partial charge in [-0.15, -0.1) is 0 Å². The smallest absolute Gasteiger partial charge is 0.352 e. The molecule has 1 aliphatic rings. The molecular weight excluding hydrogens is 401 g/mol. The number of hydrogen-bond donors (Lipinski definition) is 2. The number of rotatable bonds is 7. The molecule has 1 unspecified atom stereocenters. The van der Waals surface area contributed by atoms with Gasteiger partial charge in [0.2, 0.25) is 5.82 Å². The number of H-pyrrole nitrogens is 1. The first-order valence-corrected chi connectivity index (χ1v) is 9.76. The molecule has 0 spiro atoms. The number of aromatic nitrogens is 2. The molecule has 0 bridgehead atoms. The molecule has 9 nitrogen and oxygen atoms in total. The minimum atomic E-state index is -4.39. The summed E-state index contributed by atoms with van der Waals surface area (Å²) in [6.07, 6.45) is -0.0494. The Morgan fingerprint density at radius 1 is 1.25 bits per heavy atom. The Hall–Kier alpha value is -2.17. The van der Waals surface area contributed by atoms with Crippen LogP contribution in [-0.2, 0) is 25.0 Å². The lowest BCUT2D eigenvalue weighted by Gasteiger charge is -2.17. The predicted molar refractivity (Wildman–Crippen MR) is 93.5 cm³/mol. The van der Waals surface area contributed by atoms with Gasteiger partial charge in [-0.25, -0.2) is 13.8 Å². The van der Waals surface area contributed by atoms with Crippen LogP contribution in [0.4, 0.5) is 8.78 Å². The number of benzene rings is 1. The first kappa shape index (κ1) is 20.6. The topological polar surface area (TPSA) is 120 Å². The Labute approximate surface area is 158 Å². The highest BCUT2D eigenvalue weighted by Crippen LogP contribution is 2.45. The SMILES string of the molecule is O=c1[nH]c(=O)n([C@H]2CC[C@@H](COP(=O)(O)OCc3ccc(F)cc3)O2)cc1F.[HH]. The van der Waals surface area contributed by atoms with Crippen molar-refractivity contribution in [3.8, 4) is 0 Å². The van der Waals surface area contributed by atoms with Crippen molar-refractivity contribution in [2.45, 2.75) is 31.8 Å². The van der Waals surface area contributed by atoms with Gasteiger partial charge < -0.3 is 9.63 Å². The van der Waals surface area contributed by atoms with Crippen molar-refractivity contribution < 1.29 is 33.5 Å². The molecule has 1 aliphatic heterocycles. The van der Waals surface area contributed by atoms with Crippen molar-refractivity contribution in [2.75, 3.05) is 6.61 Å². The molecule has 0 amide bonds. The summed E-state index contributed by atoms with van der Waals surface area (Å²) < 4.78 is 54.3. The number of aromatic amines is 1. The van der Waals surface area contributed by atoms with Crippen molar-refractivity contribution in [2.24, 2.45) is 0 Å². The van der Waals surface area contributed by atoms with Crippen LogP contribution in [0.5, 0.6) is 0 Å². The number of ether oxygens (including phenoxy) is 1. The Kier molecular flexibility index (Phi) is 6.21. The third kappa shape index (κ3) is 5.21. The molecule has 0 aliphatic carbocycles. The summed E-state index contributed by atoms with van der Waals surface area (Å²) in [5, 5.41) is 0. The fraction of sp³-hybridized carbons (Fsp3) is 0.375. The van der Waals surface area contributed by atoms with Gasteiger partial charge >= 0.3 is 13.5 Å². The quantitative estimate of drug-likeness (QED) is 0.658. The maximum atomic E-state index is 13.4. The molecule has 1 saturated heterocycles. The van der Waals surface area contributed by atoms with Gasteiger partial charge in [0, 0.05) is 1.43 Å². The zero-order chi connectivity index (χ0) is 20.3. The second kappa shape index (κ2) is 8.46. The van der Waals surface area contributed by atoms with E-state index in [1.54, 1.807) is 0 Å². The summed E-state index contributed by atoms with van der Waals surface area (Å²) in [4.78, 5) is 34.4. The summed E-state index contributed by atoms with van der Waals surface area (Å²) in [5.41, 5.74) is -1.47. The third-order valence-electron chi connectivity index (χ3n) is 4.05. The van der Waals surface area contributed by atoms with E-state index in [2.05, 4.69) is 0 Å². The average Bonchev–Trinajstić information content (AvgIpc) is 3.12. The molecule has 1 aromatic carbocycles. The zero-order valence-corrected chi connectivity index (χ0v) is 15.3. The van der Waals surface area contributed by atoms with Crippen LogP contribution in [0.15, 0.2) is 40.1 Å². The highest BCUT2D eigenvalue weighted by molar-refractivity contribution is 7.47.